The number of amides is 2. The van der Waals surface area contributed by atoms with E-state index in [9.17, 15) is 9.59 Å². The van der Waals surface area contributed by atoms with E-state index in [-0.39, 0.29) is 30.3 Å². The smallest absolute Gasteiger partial charge is 0.254 e. The maximum atomic E-state index is 12.9. The molecule has 1 aromatic carbocycles. The lowest BCUT2D eigenvalue weighted by molar-refractivity contribution is -0.121. The fourth-order valence-corrected chi connectivity index (χ4v) is 3.07. The maximum Gasteiger partial charge on any atom is 0.254 e. The minimum Gasteiger partial charge on any atom is -0.354 e. The van der Waals surface area contributed by atoms with E-state index in [4.69, 9.17) is 5.73 Å². The van der Waals surface area contributed by atoms with Gasteiger partial charge in [-0.05, 0) is 50.3 Å². The third-order valence-electron chi connectivity index (χ3n) is 4.63. The van der Waals surface area contributed by atoms with Crippen LogP contribution in [0.1, 0.15) is 47.2 Å². The number of halogens is 1. The molecule has 1 aromatic rings. The summed E-state index contributed by atoms with van der Waals surface area (Å²) in [5, 5.41) is 2.90. The predicted octanol–water partition coefficient (Wildman–Crippen LogP) is 2.18. The Hall–Kier alpha value is -1.59. The molecule has 0 saturated carbocycles. The first-order valence-corrected chi connectivity index (χ1v) is 8.38. The van der Waals surface area contributed by atoms with Crippen molar-refractivity contribution in [1.29, 1.82) is 0 Å². The maximum absolute atomic E-state index is 12.9. The minimum atomic E-state index is -0.0443. The van der Waals surface area contributed by atoms with Crippen LogP contribution in [0.2, 0.25) is 0 Å². The molecule has 1 atom stereocenters. The van der Waals surface area contributed by atoms with Crippen LogP contribution in [0.4, 0.5) is 0 Å². The Morgan fingerprint density at radius 1 is 1.29 bits per heavy atom. The van der Waals surface area contributed by atoms with Crippen molar-refractivity contribution in [1.82, 2.24) is 10.2 Å². The van der Waals surface area contributed by atoms with Crippen LogP contribution >= 0.6 is 12.4 Å². The van der Waals surface area contributed by atoms with E-state index in [2.05, 4.69) is 5.32 Å². The molecule has 1 fully saturated rings. The summed E-state index contributed by atoms with van der Waals surface area (Å²) >= 11 is 0. The van der Waals surface area contributed by atoms with Crippen LogP contribution in [0.5, 0.6) is 0 Å². The number of nitrogens with two attached hydrogens (primary N) is 1. The van der Waals surface area contributed by atoms with Gasteiger partial charge in [-0.25, -0.2) is 0 Å². The molecule has 1 aliphatic heterocycles. The lowest BCUT2D eigenvalue weighted by atomic mass is 9.97. The number of hydrogen-bond donors (Lipinski definition) is 2. The Labute approximate surface area is 150 Å². The number of benzene rings is 1. The quantitative estimate of drug-likeness (QED) is 0.852. The molecule has 1 saturated heterocycles. The summed E-state index contributed by atoms with van der Waals surface area (Å²) in [7, 11) is 0. The second-order valence-electron chi connectivity index (χ2n) is 6.24. The van der Waals surface area contributed by atoms with Crippen LogP contribution in [0.3, 0.4) is 0 Å². The molecule has 1 aliphatic rings. The molecule has 6 heteroatoms. The van der Waals surface area contributed by atoms with Gasteiger partial charge in [0.05, 0.1) is 0 Å². The van der Waals surface area contributed by atoms with Crippen molar-refractivity contribution in [3.63, 3.8) is 0 Å². The van der Waals surface area contributed by atoms with Gasteiger partial charge in [-0.15, -0.1) is 12.4 Å². The van der Waals surface area contributed by atoms with Gasteiger partial charge in [0.25, 0.3) is 5.91 Å². The summed E-state index contributed by atoms with van der Waals surface area (Å²) in [5.74, 6) is 0.0289. The molecule has 2 amide bonds. The van der Waals surface area contributed by atoms with Crippen molar-refractivity contribution >= 4 is 24.2 Å². The second kappa shape index (κ2) is 9.64. The van der Waals surface area contributed by atoms with Gasteiger partial charge in [0.2, 0.25) is 5.91 Å². The number of likely N-dealkylation sites (tertiary alicyclic amines) is 1. The van der Waals surface area contributed by atoms with E-state index >= 15 is 0 Å². The van der Waals surface area contributed by atoms with Gasteiger partial charge in [-0.3, -0.25) is 9.59 Å². The monoisotopic (exact) mass is 353 g/mol. The highest BCUT2D eigenvalue weighted by Gasteiger charge is 2.28. The van der Waals surface area contributed by atoms with Crippen LogP contribution < -0.4 is 11.1 Å². The SMILES string of the molecule is Cc1cccc(C(=O)N2CCCCC2CNC(=O)CCN)c1C.Cl. The lowest BCUT2D eigenvalue weighted by Crippen LogP contribution is -2.49. The molecule has 1 unspecified atom stereocenters. The molecule has 0 spiro atoms. The topological polar surface area (TPSA) is 75.4 Å². The standard InChI is InChI=1S/C18H27N3O2.ClH/c1-13-6-5-8-16(14(13)2)18(23)21-11-4-3-7-15(21)12-20-17(22)9-10-19;/h5-6,8,15H,3-4,7,9-12,19H2,1-2H3,(H,20,22);1H. The third kappa shape index (κ3) is 4.95. The van der Waals surface area contributed by atoms with Gasteiger partial charge in [0.1, 0.15) is 0 Å². The van der Waals surface area contributed by atoms with E-state index < -0.39 is 0 Å². The summed E-state index contributed by atoms with van der Waals surface area (Å²) in [6, 6.07) is 5.91. The summed E-state index contributed by atoms with van der Waals surface area (Å²) in [4.78, 5) is 26.5. The normalized spacial score (nSPS) is 17.1. The van der Waals surface area contributed by atoms with Crippen LogP contribution in [-0.4, -0.2) is 42.4 Å². The zero-order valence-electron chi connectivity index (χ0n) is 14.5. The van der Waals surface area contributed by atoms with Crippen molar-refractivity contribution in [2.24, 2.45) is 5.73 Å². The van der Waals surface area contributed by atoms with E-state index in [1.807, 2.05) is 36.9 Å². The van der Waals surface area contributed by atoms with Gasteiger partial charge in [-0.2, -0.15) is 0 Å². The van der Waals surface area contributed by atoms with Crippen molar-refractivity contribution in [3.05, 3.63) is 34.9 Å². The number of rotatable bonds is 5. The van der Waals surface area contributed by atoms with Gasteiger partial charge >= 0.3 is 0 Å². The Balaban J connectivity index is 0.00000288. The summed E-state index contributed by atoms with van der Waals surface area (Å²) < 4.78 is 0. The molecule has 0 radical (unpaired) electrons. The van der Waals surface area contributed by atoms with Crippen molar-refractivity contribution < 1.29 is 9.59 Å². The Bertz CT molecular complexity index is 577. The number of hydrogen-bond acceptors (Lipinski definition) is 3. The highest BCUT2D eigenvalue weighted by molar-refractivity contribution is 5.96. The first-order valence-electron chi connectivity index (χ1n) is 8.38. The predicted molar refractivity (Wildman–Crippen MR) is 98.5 cm³/mol. The molecule has 24 heavy (non-hydrogen) atoms. The van der Waals surface area contributed by atoms with E-state index in [1.165, 1.54) is 0 Å². The first-order chi connectivity index (χ1) is 11.0. The fraction of sp³-hybridized carbons (Fsp3) is 0.556. The van der Waals surface area contributed by atoms with Crippen molar-refractivity contribution in [3.8, 4) is 0 Å². The second-order valence-corrected chi connectivity index (χ2v) is 6.24. The van der Waals surface area contributed by atoms with E-state index in [1.54, 1.807) is 0 Å². The third-order valence-corrected chi connectivity index (χ3v) is 4.63. The zero-order valence-corrected chi connectivity index (χ0v) is 15.3. The number of nitrogens with zero attached hydrogens (tertiary/aromatic N) is 1. The van der Waals surface area contributed by atoms with Crippen LogP contribution in [0.15, 0.2) is 18.2 Å². The Morgan fingerprint density at radius 2 is 2.04 bits per heavy atom. The van der Waals surface area contributed by atoms with Crippen molar-refractivity contribution in [2.45, 2.75) is 45.6 Å². The molecule has 2 rings (SSSR count). The summed E-state index contributed by atoms with van der Waals surface area (Å²) in [6.45, 7) is 5.62. The number of nitrogens with one attached hydrogen (secondary N) is 1. The lowest BCUT2D eigenvalue weighted by Gasteiger charge is -2.36. The van der Waals surface area contributed by atoms with Crippen molar-refractivity contribution in [2.75, 3.05) is 19.6 Å². The van der Waals surface area contributed by atoms with Gasteiger partial charge in [-0.1, -0.05) is 12.1 Å². The molecular weight excluding hydrogens is 326 g/mol. The van der Waals surface area contributed by atoms with E-state index in [0.717, 1.165) is 42.5 Å². The Morgan fingerprint density at radius 3 is 2.75 bits per heavy atom. The van der Waals surface area contributed by atoms with Crippen LogP contribution in [0.25, 0.3) is 0 Å². The van der Waals surface area contributed by atoms with Crippen LogP contribution in [-0.2, 0) is 4.79 Å². The Kier molecular flexibility index (Phi) is 8.22. The summed E-state index contributed by atoms with van der Waals surface area (Å²) in [5.41, 5.74) is 8.33. The largest absolute Gasteiger partial charge is 0.354 e. The fourth-order valence-electron chi connectivity index (χ4n) is 3.07. The molecule has 1 heterocycles. The average molecular weight is 354 g/mol. The molecule has 0 bridgehead atoms. The average Bonchev–Trinajstić information content (AvgIpc) is 2.55. The number of piperidine rings is 1. The summed E-state index contributed by atoms with van der Waals surface area (Å²) in [6.07, 6.45) is 3.37. The number of aryl methyl sites for hydroxylation is 1. The number of carbonyl (C=O) groups is 2. The molecular formula is C18H28ClN3O2. The van der Waals surface area contributed by atoms with Gasteiger partial charge in [0, 0.05) is 37.7 Å². The highest BCUT2D eigenvalue weighted by Crippen LogP contribution is 2.22. The van der Waals surface area contributed by atoms with Crippen LogP contribution in [0, 0.1) is 13.8 Å². The number of carbonyl (C=O) groups excluding carboxylic acids is 2. The molecule has 134 valence electrons. The van der Waals surface area contributed by atoms with Gasteiger partial charge < -0.3 is 16.0 Å². The molecule has 0 aromatic heterocycles. The molecule has 0 aliphatic carbocycles. The molecule has 3 N–H and O–H groups in total. The van der Waals surface area contributed by atoms with Gasteiger partial charge in [0.15, 0.2) is 0 Å². The van der Waals surface area contributed by atoms with E-state index in [0.29, 0.717) is 19.5 Å². The zero-order chi connectivity index (χ0) is 16.8. The minimum absolute atomic E-state index is 0. The molecule has 5 nitrogen and oxygen atoms in total. The first kappa shape index (κ1) is 20.5. The highest BCUT2D eigenvalue weighted by atomic mass is 35.5.